The Bertz CT molecular complexity index is 318. The van der Waals surface area contributed by atoms with Crippen LogP contribution in [-0.4, -0.2) is 23.7 Å². The molecule has 0 aliphatic heterocycles. The second kappa shape index (κ2) is 5.44. The molecule has 0 fully saturated rings. The van der Waals surface area contributed by atoms with Crippen molar-refractivity contribution in [3.05, 3.63) is 24.1 Å². The molecule has 14 heavy (non-hydrogen) atoms. The van der Waals surface area contributed by atoms with Gasteiger partial charge in [0.05, 0.1) is 13.7 Å². The summed E-state index contributed by atoms with van der Waals surface area (Å²) in [6.45, 7) is 4.08. The smallest absolute Gasteiger partial charge is 0.261 e. The second-order valence-electron chi connectivity index (χ2n) is 2.43. The summed E-state index contributed by atoms with van der Waals surface area (Å²) in [6.07, 6.45) is 3.83. The van der Waals surface area contributed by atoms with Gasteiger partial charge in [0, 0.05) is 0 Å². The summed E-state index contributed by atoms with van der Waals surface area (Å²) in [7, 11) is 1.49. The minimum Gasteiger partial charge on any atom is -0.489 e. The van der Waals surface area contributed by atoms with Gasteiger partial charge in [-0.1, -0.05) is 17.7 Å². The minimum absolute atomic E-state index is 0.246. The van der Waals surface area contributed by atoms with E-state index >= 15 is 0 Å². The van der Waals surface area contributed by atoms with E-state index in [4.69, 9.17) is 21.1 Å². The average molecular weight is 215 g/mol. The van der Waals surface area contributed by atoms with E-state index in [1.165, 1.54) is 13.4 Å². The number of nitrogens with zero attached hydrogens (tertiary/aromatic N) is 2. The van der Waals surface area contributed by atoms with Crippen LogP contribution in [0.25, 0.3) is 0 Å². The molecule has 0 aliphatic carbocycles. The van der Waals surface area contributed by atoms with Gasteiger partial charge in [-0.15, -0.1) is 6.58 Å². The van der Waals surface area contributed by atoms with E-state index in [9.17, 15) is 0 Å². The summed E-state index contributed by atoms with van der Waals surface area (Å²) in [4.78, 5) is 7.67. The van der Waals surface area contributed by atoms with Gasteiger partial charge < -0.3 is 9.47 Å². The van der Waals surface area contributed by atoms with Crippen molar-refractivity contribution < 1.29 is 9.47 Å². The monoisotopic (exact) mass is 214 g/mol. The third-order valence-electron chi connectivity index (χ3n) is 1.49. The van der Waals surface area contributed by atoms with E-state index in [0.29, 0.717) is 18.2 Å². The largest absolute Gasteiger partial charge is 0.489 e. The molecular weight excluding hydrogens is 204 g/mol. The Morgan fingerprint density at radius 1 is 1.57 bits per heavy atom. The maximum absolute atomic E-state index is 5.77. The standard InChI is InChI=1S/C9H11ClN2O2/c1-3-4-5-14-9-7(13-2)8(10)11-6-12-9/h3,6H,1,4-5H2,2H3. The Morgan fingerprint density at radius 2 is 2.36 bits per heavy atom. The van der Waals surface area contributed by atoms with Crippen molar-refractivity contribution >= 4 is 11.6 Å². The van der Waals surface area contributed by atoms with E-state index in [2.05, 4.69) is 16.5 Å². The first kappa shape index (κ1) is 10.8. The van der Waals surface area contributed by atoms with Crippen molar-refractivity contribution in [2.75, 3.05) is 13.7 Å². The fraction of sp³-hybridized carbons (Fsp3) is 0.333. The quantitative estimate of drug-likeness (QED) is 0.428. The summed E-state index contributed by atoms with van der Waals surface area (Å²) < 4.78 is 10.3. The molecule has 0 saturated carbocycles. The molecule has 0 aromatic carbocycles. The number of halogens is 1. The van der Waals surface area contributed by atoms with Crippen LogP contribution in [0.15, 0.2) is 19.0 Å². The number of aromatic nitrogens is 2. The van der Waals surface area contributed by atoms with E-state index in [-0.39, 0.29) is 5.15 Å². The first-order chi connectivity index (χ1) is 6.79. The first-order valence-corrected chi connectivity index (χ1v) is 4.45. The Hall–Kier alpha value is -1.29. The number of hydrogen-bond donors (Lipinski definition) is 0. The molecule has 0 unspecified atom stereocenters. The first-order valence-electron chi connectivity index (χ1n) is 4.07. The molecule has 0 N–H and O–H groups in total. The van der Waals surface area contributed by atoms with Crippen LogP contribution in [-0.2, 0) is 0 Å². The van der Waals surface area contributed by atoms with Crippen LogP contribution in [0, 0.1) is 0 Å². The molecule has 0 bridgehead atoms. The van der Waals surface area contributed by atoms with Crippen molar-refractivity contribution in [1.29, 1.82) is 0 Å². The van der Waals surface area contributed by atoms with Crippen LogP contribution < -0.4 is 9.47 Å². The number of methoxy groups -OCH3 is 1. The van der Waals surface area contributed by atoms with E-state index in [1.54, 1.807) is 6.08 Å². The van der Waals surface area contributed by atoms with E-state index in [1.807, 2.05) is 0 Å². The Kier molecular flexibility index (Phi) is 4.19. The molecule has 0 saturated heterocycles. The molecule has 0 radical (unpaired) electrons. The highest BCUT2D eigenvalue weighted by molar-refractivity contribution is 6.31. The minimum atomic E-state index is 0.246. The van der Waals surface area contributed by atoms with Gasteiger partial charge in [0.15, 0.2) is 5.15 Å². The van der Waals surface area contributed by atoms with Crippen molar-refractivity contribution in [3.8, 4) is 11.6 Å². The van der Waals surface area contributed by atoms with E-state index < -0.39 is 0 Å². The van der Waals surface area contributed by atoms with Gasteiger partial charge in [-0.25, -0.2) is 4.98 Å². The Labute approximate surface area is 87.5 Å². The lowest BCUT2D eigenvalue weighted by atomic mass is 10.4. The second-order valence-corrected chi connectivity index (χ2v) is 2.79. The predicted octanol–water partition coefficient (Wildman–Crippen LogP) is 2.09. The van der Waals surface area contributed by atoms with Gasteiger partial charge >= 0.3 is 0 Å². The highest BCUT2D eigenvalue weighted by Crippen LogP contribution is 2.30. The molecule has 0 atom stereocenters. The molecule has 4 nitrogen and oxygen atoms in total. The molecule has 0 aliphatic rings. The number of hydrogen-bond acceptors (Lipinski definition) is 4. The highest BCUT2D eigenvalue weighted by atomic mass is 35.5. The van der Waals surface area contributed by atoms with Gasteiger partial charge in [-0.2, -0.15) is 4.98 Å². The summed E-state index contributed by atoms with van der Waals surface area (Å²) in [5.74, 6) is 0.715. The van der Waals surface area contributed by atoms with Crippen molar-refractivity contribution in [1.82, 2.24) is 9.97 Å². The maximum atomic E-state index is 5.77. The van der Waals surface area contributed by atoms with Crippen LogP contribution in [0.5, 0.6) is 11.6 Å². The van der Waals surface area contributed by atoms with Gasteiger partial charge in [0.1, 0.15) is 6.33 Å². The molecule has 1 heterocycles. The Morgan fingerprint density at radius 3 is 3.00 bits per heavy atom. The van der Waals surface area contributed by atoms with Crippen LogP contribution in [0.2, 0.25) is 5.15 Å². The van der Waals surface area contributed by atoms with Gasteiger partial charge in [0.25, 0.3) is 5.88 Å². The third kappa shape index (κ3) is 2.60. The lowest BCUT2D eigenvalue weighted by Crippen LogP contribution is -2.01. The lowest BCUT2D eigenvalue weighted by Gasteiger charge is -2.08. The topological polar surface area (TPSA) is 44.2 Å². The van der Waals surface area contributed by atoms with Crippen molar-refractivity contribution in [3.63, 3.8) is 0 Å². The lowest BCUT2D eigenvalue weighted by molar-refractivity contribution is 0.286. The highest BCUT2D eigenvalue weighted by Gasteiger charge is 2.10. The molecular formula is C9H11ClN2O2. The summed E-state index contributed by atoms with van der Waals surface area (Å²) in [5, 5.41) is 0.246. The molecule has 76 valence electrons. The Balaban J connectivity index is 2.74. The fourth-order valence-corrected chi connectivity index (χ4v) is 1.05. The van der Waals surface area contributed by atoms with Crippen LogP contribution in [0.4, 0.5) is 0 Å². The van der Waals surface area contributed by atoms with Gasteiger partial charge in [-0.05, 0) is 6.42 Å². The third-order valence-corrected chi connectivity index (χ3v) is 1.76. The van der Waals surface area contributed by atoms with Crippen molar-refractivity contribution in [2.24, 2.45) is 0 Å². The molecule has 5 heteroatoms. The van der Waals surface area contributed by atoms with Crippen LogP contribution in [0.3, 0.4) is 0 Å². The fourth-order valence-electron chi connectivity index (χ4n) is 0.851. The predicted molar refractivity (Wildman–Crippen MR) is 53.9 cm³/mol. The number of ether oxygens (including phenoxy) is 2. The average Bonchev–Trinajstić information content (AvgIpc) is 2.18. The van der Waals surface area contributed by atoms with Crippen LogP contribution in [0.1, 0.15) is 6.42 Å². The normalized spacial score (nSPS) is 9.57. The molecule has 1 aromatic heterocycles. The van der Waals surface area contributed by atoms with Gasteiger partial charge in [-0.3, -0.25) is 0 Å². The zero-order valence-electron chi connectivity index (χ0n) is 7.86. The zero-order chi connectivity index (χ0) is 10.4. The molecule has 1 rings (SSSR count). The summed E-state index contributed by atoms with van der Waals surface area (Å²) >= 11 is 5.77. The summed E-state index contributed by atoms with van der Waals surface area (Å²) in [6, 6.07) is 0. The zero-order valence-corrected chi connectivity index (χ0v) is 8.62. The van der Waals surface area contributed by atoms with E-state index in [0.717, 1.165) is 6.42 Å². The SMILES string of the molecule is C=CCCOc1ncnc(Cl)c1OC. The number of rotatable bonds is 5. The molecule has 0 amide bonds. The molecule has 0 spiro atoms. The molecule has 1 aromatic rings. The van der Waals surface area contributed by atoms with Crippen molar-refractivity contribution in [2.45, 2.75) is 6.42 Å². The van der Waals surface area contributed by atoms with Crippen LogP contribution >= 0.6 is 11.6 Å². The maximum Gasteiger partial charge on any atom is 0.261 e. The summed E-state index contributed by atoms with van der Waals surface area (Å²) in [5.41, 5.74) is 0. The van der Waals surface area contributed by atoms with Gasteiger partial charge in [0.2, 0.25) is 5.75 Å².